The van der Waals surface area contributed by atoms with Gasteiger partial charge in [0.2, 0.25) is 0 Å². The smallest absolute Gasteiger partial charge is 0.256 e. The van der Waals surface area contributed by atoms with E-state index in [1.165, 1.54) is 0 Å². The average Bonchev–Trinajstić information content (AvgIpc) is 2.40. The van der Waals surface area contributed by atoms with Crippen LogP contribution in [-0.4, -0.2) is 17.1 Å². The Labute approximate surface area is 105 Å². The molecule has 0 radical (unpaired) electrons. The van der Waals surface area contributed by atoms with Gasteiger partial charge >= 0.3 is 0 Å². The monoisotopic (exact) mass is 245 g/mol. The number of nitrogens with zero attached hydrogens (tertiary/aromatic N) is 1. The fourth-order valence-electron chi connectivity index (χ4n) is 3.01. The van der Waals surface area contributed by atoms with Gasteiger partial charge in [0.1, 0.15) is 5.75 Å². The van der Waals surface area contributed by atoms with E-state index in [-0.39, 0.29) is 22.9 Å². The normalized spacial score (nSPS) is 33.3. The fourth-order valence-corrected chi connectivity index (χ4v) is 3.01. The van der Waals surface area contributed by atoms with Gasteiger partial charge in [0.15, 0.2) is 6.10 Å². The number of hydrogen-bond acceptors (Lipinski definition) is 3. The summed E-state index contributed by atoms with van der Waals surface area (Å²) >= 11 is 0. The van der Waals surface area contributed by atoms with Crippen LogP contribution in [0.3, 0.4) is 0 Å². The first-order chi connectivity index (χ1) is 8.75. The highest BCUT2D eigenvalue weighted by molar-refractivity contribution is 5.23. The van der Waals surface area contributed by atoms with Gasteiger partial charge in [-0.05, 0) is 25.0 Å². The molecule has 0 aromatic heterocycles. The summed E-state index contributed by atoms with van der Waals surface area (Å²) in [5, 5.41) is 11.2. The molecule has 0 N–H and O–H groups in total. The Morgan fingerprint density at radius 3 is 2.39 bits per heavy atom. The van der Waals surface area contributed by atoms with Crippen LogP contribution in [0.25, 0.3) is 0 Å². The SMILES string of the molecule is O=[N+]([O-])C1C2C=CC(CC2)C1Oc1ccccc1. The van der Waals surface area contributed by atoms with E-state index in [4.69, 9.17) is 4.74 Å². The fraction of sp³-hybridized carbons (Fsp3) is 0.429. The van der Waals surface area contributed by atoms with Crippen LogP contribution in [0.15, 0.2) is 42.5 Å². The molecule has 0 aliphatic heterocycles. The second kappa shape index (κ2) is 4.44. The van der Waals surface area contributed by atoms with Crippen molar-refractivity contribution < 1.29 is 9.66 Å². The van der Waals surface area contributed by atoms with Crippen molar-refractivity contribution in [2.24, 2.45) is 11.8 Å². The first-order valence-electron chi connectivity index (χ1n) is 6.29. The van der Waals surface area contributed by atoms with Gasteiger partial charge in [-0.3, -0.25) is 10.1 Å². The molecule has 1 aromatic rings. The first kappa shape index (κ1) is 11.3. The lowest BCUT2D eigenvalue weighted by Gasteiger charge is -2.39. The summed E-state index contributed by atoms with van der Waals surface area (Å²) in [6.07, 6.45) is 5.64. The molecular formula is C14H15NO3. The Balaban J connectivity index is 1.85. The van der Waals surface area contributed by atoms with E-state index in [0.29, 0.717) is 0 Å². The minimum atomic E-state index is -0.603. The van der Waals surface area contributed by atoms with Gasteiger partial charge in [-0.25, -0.2) is 0 Å². The maximum atomic E-state index is 11.2. The van der Waals surface area contributed by atoms with Crippen LogP contribution in [0.1, 0.15) is 12.8 Å². The number of hydrogen-bond donors (Lipinski definition) is 0. The minimum Gasteiger partial charge on any atom is -0.483 e. The molecule has 2 bridgehead atoms. The highest BCUT2D eigenvalue weighted by atomic mass is 16.6. The second-order valence-corrected chi connectivity index (χ2v) is 4.96. The molecule has 0 spiro atoms. The molecule has 0 heterocycles. The van der Waals surface area contributed by atoms with Crippen molar-refractivity contribution in [3.63, 3.8) is 0 Å². The van der Waals surface area contributed by atoms with Crippen LogP contribution < -0.4 is 4.74 Å². The molecule has 4 heteroatoms. The van der Waals surface area contributed by atoms with Crippen LogP contribution in [0.5, 0.6) is 5.75 Å². The molecule has 1 aromatic carbocycles. The summed E-state index contributed by atoms with van der Waals surface area (Å²) in [5.74, 6) is 0.916. The predicted molar refractivity (Wildman–Crippen MR) is 67.0 cm³/mol. The Morgan fingerprint density at radius 1 is 1.11 bits per heavy atom. The maximum Gasteiger partial charge on any atom is 0.256 e. The minimum absolute atomic E-state index is 0.0266. The van der Waals surface area contributed by atoms with E-state index in [9.17, 15) is 10.1 Å². The molecule has 4 nitrogen and oxygen atoms in total. The molecular weight excluding hydrogens is 230 g/mol. The number of ether oxygens (including phenoxy) is 1. The van der Waals surface area contributed by atoms with Gasteiger partial charge in [-0.1, -0.05) is 30.4 Å². The van der Waals surface area contributed by atoms with E-state index < -0.39 is 6.04 Å². The van der Waals surface area contributed by atoms with Crippen molar-refractivity contribution >= 4 is 0 Å². The van der Waals surface area contributed by atoms with E-state index >= 15 is 0 Å². The molecule has 4 atom stereocenters. The molecule has 94 valence electrons. The van der Waals surface area contributed by atoms with Crippen LogP contribution in [0.2, 0.25) is 0 Å². The summed E-state index contributed by atoms with van der Waals surface area (Å²) in [7, 11) is 0. The lowest BCUT2D eigenvalue weighted by atomic mass is 9.71. The predicted octanol–water partition coefficient (Wildman–Crippen LogP) is 2.68. The third-order valence-corrected chi connectivity index (χ3v) is 3.89. The second-order valence-electron chi connectivity index (χ2n) is 4.96. The van der Waals surface area contributed by atoms with Crippen molar-refractivity contribution in [1.82, 2.24) is 0 Å². The summed E-state index contributed by atoms with van der Waals surface area (Å²) in [6, 6.07) is 8.77. The van der Waals surface area contributed by atoms with Crippen molar-refractivity contribution in [3.05, 3.63) is 52.6 Å². The van der Waals surface area contributed by atoms with Crippen LogP contribution in [0.4, 0.5) is 0 Å². The molecule has 3 aliphatic rings. The summed E-state index contributed by atoms with van der Waals surface area (Å²) < 4.78 is 5.87. The molecule has 1 saturated carbocycles. The van der Waals surface area contributed by atoms with E-state index in [2.05, 4.69) is 6.08 Å². The molecule has 4 rings (SSSR count). The van der Waals surface area contributed by atoms with Crippen LogP contribution in [-0.2, 0) is 0 Å². The third kappa shape index (κ3) is 1.88. The number of fused-ring (bicyclic) bond motifs is 2. The van der Waals surface area contributed by atoms with Gasteiger partial charge in [-0.15, -0.1) is 0 Å². The Bertz CT molecular complexity index is 471. The van der Waals surface area contributed by atoms with E-state index in [1.807, 2.05) is 36.4 Å². The lowest BCUT2D eigenvalue weighted by molar-refractivity contribution is -0.545. The summed E-state index contributed by atoms with van der Waals surface area (Å²) in [6.45, 7) is 0. The summed E-state index contributed by atoms with van der Waals surface area (Å²) in [4.78, 5) is 11.1. The molecule has 4 unspecified atom stereocenters. The Morgan fingerprint density at radius 2 is 1.78 bits per heavy atom. The molecule has 0 saturated heterocycles. The Kier molecular flexibility index (Phi) is 2.78. The number of benzene rings is 1. The highest BCUT2D eigenvalue weighted by Crippen LogP contribution is 2.39. The quantitative estimate of drug-likeness (QED) is 0.467. The average molecular weight is 245 g/mol. The molecule has 3 aliphatic carbocycles. The van der Waals surface area contributed by atoms with Crippen LogP contribution >= 0.6 is 0 Å². The maximum absolute atomic E-state index is 11.2. The number of rotatable bonds is 3. The number of para-hydroxylation sites is 1. The van der Waals surface area contributed by atoms with Gasteiger partial charge in [-0.2, -0.15) is 0 Å². The van der Waals surface area contributed by atoms with Crippen molar-refractivity contribution in [2.45, 2.75) is 25.0 Å². The van der Waals surface area contributed by atoms with Crippen molar-refractivity contribution in [2.75, 3.05) is 0 Å². The molecule has 0 amide bonds. The summed E-state index contributed by atoms with van der Waals surface area (Å²) in [5.41, 5.74) is 0. The van der Waals surface area contributed by atoms with Crippen molar-refractivity contribution in [1.29, 1.82) is 0 Å². The van der Waals surface area contributed by atoms with Gasteiger partial charge in [0.25, 0.3) is 6.04 Å². The largest absolute Gasteiger partial charge is 0.483 e. The standard InChI is InChI=1S/C14H15NO3/c16-15(17)13-10-6-8-11(9-7-10)14(13)18-12-4-2-1-3-5-12/h1-6,8,10-11,13-14H,7,9H2. The van der Waals surface area contributed by atoms with Crippen molar-refractivity contribution in [3.8, 4) is 5.75 Å². The molecule has 18 heavy (non-hydrogen) atoms. The Hall–Kier alpha value is -1.84. The zero-order valence-corrected chi connectivity index (χ0v) is 9.94. The third-order valence-electron chi connectivity index (χ3n) is 3.89. The number of nitro groups is 1. The molecule has 1 fully saturated rings. The topological polar surface area (TPSA) is 52.4 Å². The van der Waals surface area contributed by atoms with E-state index in [1.54, 1.807) is 0 Å². The van der Waals surface area contributed by atoms with Gasteiger partial charge < -0.3 is 4.74 Å². The van der Waals surface area contributed by atoms with Crippen LogP contribution in [0, 0.1) is 22.0 Å². The first-order valence-corrected chi connectivity index (χ1v) is 6.29. The zero-order valence-electron chi connectivity index (χ0n) is 9.94. The van der Waals surface area contributed by atoms with E-state index in [0.717, 1.165) is 18.6 Å². The van der Waals surface area contributed by atoms with Gasteiger partial charge in [0, 0.05) is 16.8 Å². The zero-order chi connectivity index (χ0) is 12.5. The highest BCUT2D eigenvalue weighted by Gasteiger charge is 2.49. The van der Waals surface area contributed by atoms with Gasteiger partial charge in [0.05, 0.1) is 0 Å². The lowest BCUT2D eigenvalue weighted by Crippen LogP contribution is -2.52.